The Bertz CT molecular complexity index is 728. The number of benzene rings is 1. The Hall–Kier alpha value is -2.42. The largest absolute Gasteiger partial charge is 0.335 e. The zero-order chi connectivity index (χ0) is 12.5. The van der Waals surface area contributed by atoms with E-state index in [-0.39, 0.29) is 0 Å². The third-order valence-electron chi connectivity index (χ3n) is 3.07. The molecule has 2 aromatic heterocycles. The second-order valence-electron chi connectivity index (χ2n) is 4.27. The van der Waals surface area contributed by atoms with Crippen LogP contribution in [0.5, 0.6) is 0 Å². The van der Waals surface area contributed by atoms with Crippen LogP contribution in [0.4, 0.5) is 0 Å². The molecule has 3 heteroatoms. The second kappa shape index (κ2) is 4.11. The quantitative estimate of drug-likeness (QED) is 0.641. The number of aryl methyl sites for hydroxylation is 1. The van der Waals surface area contributed by atoms with Gasteiger partial charge in [0.25, 0.3) is 0 Å². The summed E-state index contributed by atoms with van der Waals surface area (Å²) in [5, 5.41) is 1.10. The van der Waals surface area contributed by atoms with E-state index in [2.05, 4.69) is 4.98 Å². The van der Waals surface area contributed by atoms with Crippen molar-refractivity contribution in [1.29, 1.82) is 0 Å². The van der Waals surface area contributed by atoms with Crippen LogP contribution in [-0.4, -0.2) is 15.8 Å². The molecule has 3 nitrogen and oxygen atoms in total. The molecule has 0 fully saturated rings. The third kappa shape index (κ3) is 1.61. The lowest BCUT2D eigenvalue weighted by atomic mass is 10.0. The Labute approximate surface area is 105 Å². The number of fused-ring (bicyclic) bond motifs is 1. The van der Waals surface area contributed by atoms with Gasteiger partial charge in [-0.15, -0.1) is 0 Å². The molecule has 3 rings (SSSR count). The minimum absolute atomic E-state index is 0.688. The van der Waals surface area contributed by atoms with Crippen molar-refractivity contribution in [3.8, 4) is 11.1 Å². The SMILES string of the molecule is Cn1cc(-c2cccc(C=O)c2)c2cccnc21. The molecule has 1 aromatic carbocycles. The minimum atomic E-state index is 0.688. The van der Waals surface area contributed by atoms with Gasteiger partial charge in [0, 0.05) is 36.0 Å². The number of nitrogens with zero attached hydrogens (tertiary/aromatic N) is 2. The molecule has 0 aliphatic heterocycles. The minimum Gasteiger partial charge on any atom is -0.335 e. The number of aromatic nitrogens is 2. The van der Waals surface area contributed by atoms with Crippen molar-refractivity contribution in [2.45, 2.75) is 0 Å². The summed E-state index contributed by atoms with van der Waals surface area (Å²) in [5.74, 6) is 0. The van der Waals surface area contributed by atoms with Gasteiger partial charge in [0.2, 0.25) is 0 Å². The molecule has 0 saturated heterocycles. The molecule has 0 radical (unpaired) electrons. The lowest BCUT2D eigenvalue weighted by Gasteiger charge is -1.99. The Balaban J connectivity index is 2.28. The Morgan fingerprint density at radius 1 is 1.22 bits per heavy atom. The Morgan fingerprint density at radius 3 is 2.94 bits per heavy atom. The highest BCUT2D eigenvalue weighted by atomic mass is 16.1. The number of pyridine rings is 1. The normalized spacial score (nSPS) is 10.7. The monoisotopic (exact) mass is 236 g/mol. The van der Waals surface area contributed by atoms with E-state index in [1.54, 1.807) is 12.3 Å². The lowest BCUT2D eigenvalue weighted by Crippen LogP contribution is -1.85. The van der Waals surface area contributed by atoms with Crippen LogP contribution in [0, 0.1) is 0 Å². The molecule has 0 aliphatic rings. The first-order valence-electron chi connectivity index (χ1n) is 5.75. The first-order valence-corrected chi connectivity index (χ1v) is 5.75. The summed E-state index contributed by atoms with van der Waals surface area (Å²) in [4.78, 5) is 15.2. The Kier molecular flexibility index (Phi) is 2.45. The van der Waals surface area contributed by atoms with Crippen molar-refractivity contribution in [2.75, 3.05) is 0 Å². The van der Waals surface area contributed by atoms with Gasteiger partial charge in [0.05, 0.1) is 0 Å². The van der Waals surface area contributed by atoms with Crippen molar-refractivity contribution < 1.29 is 4.79 Å². The molecular formula is C15H12N2O. The zero-order valence-electron chi connectivity index (χ0n) is 10.00. The van der Waals surface area contributed by atoms with E-state index in [9.17, 15) is 4.79 Å². The number of hydrogen-bond acceptors (Lipinski definition) is 2. The van der Waals surface area contributed by atoms with Gasteiger partial charge in [0.1, 0.15) is 11.9 Å². The zero-order valence-corrected chi connectivity index (χ0v) is 10.00. The molecule has 0 spiro atoms. The fourth-order valence-corrected chi connectivity index (χ4v) is 2.22. The molecule has 0 bridgehead atoms. The summed E-state index contributed by atoms with van der Waals surface area (Å²) >= 11 is 0. The van der Waals surface area contributed by atoms with E-state index in [0.717, 1.165) is 28.4 Å². The van der Waals surface area contributed by atoms with E-state index >= 15 is 0 Å². The summed E-state index contributed by atoms with van der Waals surface area (Å²) < 4.78 is 2.00. The molecule has 88 valence electrons. The van der Waals surface area contributed by atoms with Gasteiger partial charge in [-0.25, -0.2) is 4.98 Å². The number of hydrogen-bond donors (Lipinski definition) is 0. The average Bonchev–Trinajstić information content (AvgIpc) is 2.77. The number of aldehydes is 1. The van der Waals surface area contributed by atoms with Gasteiger partial charge in [-0.05, 0) is 23.8 Å². The van der Waals surface area contributed by atoms with E-state index in [4.69, 9.17) is 0 Å². The summed E-state index contributed by atoms with van der Waals surface area (Å²) in [6.45, 7) is 0. The predicted octanol–water partition coefficient (Wildman–Crippen LogP) is 3.05. The highest BCUT2D eigenvalue weighted by Crippen LogP contribution is 2.29. The van der Waals surface area contributed by atoms with Gasteiger partial charge in [-0.3, -0.25) is 4.79 Å². The van der Waals surface area contributed by atoms with Crippen molar-refractivity contribution in [1.82, 2.24) is 9.55 Å². The van der Waals surface area contributed by atoms with Crippen molar-refractivity contribution in [2.24, 2.45) is 7.05 Å². The van der Waals surface area contributed by atoms with Crippen molar-refractivity contribution >= 4 is 17.3 Å². The molecule has 0 N–H and O–H groups in total. The molecule has 0 amide bonds. The fourth-order valence-electron chi connectivity index (χ4n) is 2.22. The van der Waals surface area contributed by atoms with Crippen LogP contribution in [0.3, 0.4) is 0 Å². The van der Waals surface area contributed by atoms with E-state index in [0.29, 0.717) is 5.56 Å². The highest BCUT2D eigenvalue weighted by Gasteiger charge is 2.09. The maximum Gasteiger partial charge on any atom is 0.150 e. The number of carbonyl (C=O) groups is 1. The van der Waals surface area contributed by atoms with Gasteiger partial charge < -0.3 is 4.57 Å². The van der Waals surface area contributed by atoms with Crippen LogP contribution in [0.2, 0.25) is 0 Å². The van der Waals surface area contributed by atoms with Gasteiger partial charge in [0.15, 0.2) is 0 Å². The van der Waals surface area contributed by atoms with E-state index in [1.807, 2.05) is 48.1 Å². The highest BCUT2D eigenvalue weighted by molar-refractivity contribution is 5.94. The van der Waals surface area contributed by atoms with Gasteiger partial charge >= 0.3 is 0 Å². The molecule has 0 unspecified atom stereocenters. The topological polar surface area (TPSA) is 34.9 Å². The first-order chi connectivity index (χ1) is 8.79. The van der Waals surface area contributed by atoms with E-state index < -0.39 is 0 Å². The maximum atomic E-state index is 10.8. The predicted molar refractivity (Wildman–Crippen MR) is 71.5 cm³/mol. The molecule has 3 aromatic rings. The molecule has 0 atom stereocenters. The smallest absolute Gasteiger partial charge is 0.150 e. The van der Waals surface area contributed by atoms with Crippen LogP contribution >= 0.6 is 0 Å². The summed E-state index contributed by atoms with van der Waals surface area (Å²) in [7, 11) is 1.97. The van der Waals surface area contributed by atoms with Crippen molar-refractivity contribution in [3.05, 3.63) is 54.4 Å². The second-order valence-corrected chi connectivity index (χ2v) is 4.27. The summed E-state index contributed by atoms with van der Waals surface area (Å²) in [6, 6.07) is 11.6. The standard InChI is InChI=1S/C15H12N2O/c1-17-9-14(13-6-3-7-16-15(13)17)12-5-2-4-11(8-12)10-18/h2-10H,1H3. The van der Waals surface area contributed by atoms with Gasteiger partial charge in [-0.2, -0.15) is 0 Å². The summed E-state index contributed by atoms with van der Waals surface area (Å²) in [5.41, 5.74) is 3.78. The average molecular weight is 236 g/mol. The van der Waals surface area contributed by atoms with Gasteiger partial charge in [-0.1, -0.05) is 18.2 Å². The maximum absolute atomic E-state index is 10.8. The number of rotatable bonds is 2. The van der Waals surface area contributed by atoms with Crippen LogP contribution < -0.4 is 0 Å². The molecule has 18 heavy (non-hydrogen) atoms. The fraction of sp³-hybridized carbons (Fsp3) is 0.0667. The third-order valence-corrected chi connectivity index (χ3v) is 3.07. The summed E-state index contributed by atoms with van der Waals surface area (Å²) in [6.07, 6.45) is 4.70. The van der Waals surface area contributed by atoms with Crippen LogP contribution in [0.25, 0.3) is 22.2 Å². The van der Waals surface area contributed by atoms with E-state index in [1.165, 1.54) is 0 Å². The molecular weight excluding hydrogens is 224 g/mol. The van der Waals surface area contributed by atoms with Crippen LogP contribution in [-0.2, 0) is 7.05 Å². The van der Waals surface area contributed by atoms with Crippen LogP contribution in [0.1, 0.15) is 10.4 Å². The van der Waals surface area contributed by atoms with Crippen LogP contribution in [0.15, 0.2) is 48.8 Å². The number of carbonyl (C=O) groups excluding carboxylic acids is 1. The molecule has 2 heterocycles. The first kappa shape index (κ1) is 10.7. The molecule has 0 saturated carbocycles. The Morgan fingerprint density at radius 2 is 2.11 bits per heavy atom. The van der Waals surface area contributed by atoms with Crippen molar-refractivity contribution in [3.63, 3.8) is 0 Å². The lowest BCUT2D eigenvalue weighted by molar-refractivity contribution is 0.112. The molecule has 0 aliphatic carbocycles.